The molecule has 24 heavy (non-hydrogen) atoms. The van der Waals surface area contributed by atoms with Crippen LogP contribution < -0.4 is 0 Å². The van der Waals surface area contributed by atoms with Gasteiger partial charge in [-0.15, -0.1) is 0 Å². The summed E-state index contributed by atoms with van der Waals surface area (Å²) in [6.07, 6.45) is -1.26. The molecule has 0 bridgehead atoms. The first-order valence-electron chi connectivity index (χ1n) is 6.90. The first-order valence-corrected chi connectivity index (χ1v) is 6.90. The number of aliphatic carboxylic acids is 1. The number of benzene rings is 1. The van der Waals surface area contributed by atoms with Crippen LogP contribution in [0.4, 0.5) is 0 Å². The van der Waals surface area contributed by atoms with E-state index >= 15 is 0 Å². The second-order valence-corrected chi connectivity index (χ2v) is 4.58. The van der Waals surface area contributed by atoms with Crippen molar-refractivity contribution >= 4 is 23.9 Å². The minimum atomic E-state index is -1.26. The number of aryl methyl sites for hydroxylation is 1. The van der Waals surface area contributed by atoms with E-state index in [1.165, 1.54) is 13.8 Å². The van der Waals surface area contributed by atoms with E-state index in [-0.39, 0.29) is 6.61 Å². The Morgan fingerprint density at radius 1 is 1.00 bits per heavy atom. The van der Waals surface area contributed by atoms with E-state index in [1.54, 1.807) is 31.2 Å². The molecule has 1 aromatic rings. The van der Waals surface area contributed by atoms with Crippen molar-refractivity contribution in [1.29, 1.82) is 0 Å². The smallest absolute Gasteiger partial charge is 0.341 e. The van der Waals surface area contributed by atoms with Gasteiger partial charge in [-0.1, -0.05) is 18.2 Å². The highest BCUT2D eigenvalue weighted by molar-refractivity contribution is 5.91. The Labute approximate surface area is 139 Å². The molecular weight excluding hydrogens is 320 g/mol. The summed E-state index contributed by atoms with van der Waals surface area (Å²) in [5, 5.41) is 7.42. The maximum absolute atomic E-state index is 11.9. The lowest BCUT2D eigenvalue weighted by Crippen LogP contribution is -2.29. The molecule has 0 amide bonds. The van der Waals surface area contributed by atoms with Crippen LogP contribution in [0.2, 0.25) is 0 Å². The number of ether oxygens (including phenoxy) is 3. The Balaban J connectivity index is 0.00000118. The van der Waals surface area contributed by atoms with Crippen molar-refractivity contribution < 1.29 is 38.5 Å². The van der Waals surface area contributed by atoms with Crippen molar-refractivity contribution in [1.82, 2.24) is 0 Å². The lowest BCUT2D eigenvalue weighted by Gasteiger charge is -2.17. The summed E-state index contributed by atoms with van der Waals surface area (Å²) >= 11 is 0. The zero-order valence-corrected chi connectivity index (χ0v) is 13.9. The Morgan fingerprint density at radius 2 is 1.54 bits per heavy atom. The van der Waals surface area contributed by atoms with Crippen LogP contribution in [0.25, 0.3) is 0 Å². The van der Waals surface area contributed by atoms with Gasteiger partial charge in [0.2, 0.25) is 0 Å². The molecular formula is C16H20O8. The average Bonchev–Trinajstić information content (AvgIpc) is 2.43. The minimum Gasteiger partial charge on any atom is -0.481 e. The normalized spacial score (nSPS) is 10.5. The van der Waals surface area contributed by atoms with Crippen LogP contribution in [-0.2, 0) is 28.6 Å². The monoisotopic (exact) mass is 340 g/mol. The quantitative estimate of drug-likeness (QED) is 0.636. The summed E-state index contributed by atoms with van der Waals surface area (Å²) in [6, 6.07) is 6.82. The predicted molar refractivity (Wildman–Crippen MR) is 82.1 cm³/mol. The molecule has 0 aliphatic heterocycles. The molecule has 0 heterocycles. The van der Waals surface area contributed by atoms with Gasteiger partial charge in [-0.3, -0.25) is 14.4 Å². The fourth-order valence-corrected chi connectivity index (χ4v) is 1.45. The van der Waals surface area contributed by atoms with Gasteiger partial charge in [0.25, 0.3) is 12.3 Å². The van der Waals surface area contributed by atoms with Crippen molar-refractivity contribution in [3.8, 4) is 0 Å². The maximum Gasteiger partial charge on any atom is 0.341 e. The molecule has 1 rings (SSSR count). The lowest BCUT2D eigenvalue weighted by atomic mass is 10.1. The third kappa shape index (κ3) is 9.93. The van der Waals surface area contributed by atoms with Crippen molar-refractivity contribution in [3.63, 3.8) is 0 Å². The zero-order chi connectivity index (χ0) is 18.7. The third-order valence-electron chi connectivity index (χ3n) is 2.32. The number of hydrogen-bond donors (Lipinski definition) is 1. The van der Waals surface area contributed by atoms with Crippen LogP contribution in [0.1, 0.15) is 36.7 Å². The Hall–Kier alpha value is -2.90. The summed E-state index contributed by atoms with van der Waals surface area (Å²) in [6.45, 7) is 4.87. The molecule has 0 aliphatic rings. The lowest BCUT2D eigenvalue weighted by molar-refractivity contribution is -0.180. The summed E-state index contributed by atoms with van der Waals surface area (Å²) in [5.74, 6) is -2.68. The SMILES string of the molecule is CC(=O)O.CC(=O)OCC(OC(C)=O)OC(=O)c1ccccc1C. The predicted octanol–water partition coefficient (Wildman–Crippen LogP) is 1.70. The van der Waals surface area contributed by atoms with E-state index in [1.807, 2.05) is 0 Å². The van der Waals surface area contributed by atoms with E-state index in [9.17, 15) is 14.4 Å². The average molecular weight is 340 g/mol. The van der Waals surface area contributed by atoms with E-state index in [0.29, 0.717) is 5.56 Å². The van der Waals surface area contributed by atoms with Crippen LogP contribution in [-0.4, -0.2) is 41.9 Å². The zero-order valence-electron chi connectivity index (χ0n) is 13.9. The van der Waals surface area contributed by atoms with Gasteiger partial charge in [0.15, 0.2) is 6.61 Å². The molecule has 8 nitrogen and oxygen atoms in total. The van der Waals surface area contributed by atoms with Crippen molar-refractivity contribution in [2.24, 2.45) is 0 Å². The van der Waals surface area contributed by atoms with Crippen LogP contribution in [0.3, 0.4) is 0 Å². The number of carboxylic acids is 1. The van der Waals surface area contributed by atoms with Gasteiger partial charge in [-0.25, -0.2) is 4.79 Å². The Bertz CT molecular complexity index is 589. The molecule has 1 aromatic carbocycles. The van der Waals surface area contributed by atoms with E-state index in [2.05, 4.69) is 4.74 Å². The van der Waals surface area contributed by atoms with Gasteiger partial charge in [0.05, 0.1) is 5.56 Å². The highest BCUT2D eigenvalue weighted by Crippen LogP contribution is 2.11. The number of rotatable bonds is 5. The van der Waals surface area contributed by atoms with Gasteiger partial charge < -0.3 is 19.3 Å². The molecule has 1 unspecified atom stereocenters. The Morgan fingerprint density at radius 3 is 2.00 bits per heavy atom. The van der Waals surface area contributed by atoms with Crippen LogP contribution in [0, 0.1) is 6.92 Å². The highest BCUT2D eigenvalue weighted by atomic mass is 16.7. The summed E-state index contributed by atoms with van der Waals surface area (Å²) < 4.78 is 14.5. The summed E-state index contributed by atoms with van der Waals surface area (Å²) in [5.41, 5.74) is 1.08. The summed E-state index contributed by atoms with van der Waals surface area (Å²) in [7, 11) is 0. The standard InChI is InChI=1S/C14H16O6.C2H4O2/c1-9-6-4-5-7-12(9)14(17)20-13(19-11(3)16)8-18-10(2)15;1-2(3)4/h4-7,13H,8H2,1-3H3;1H3,(H,3,4). The topological polar surface area (TPSA) is 116 Å². The first-order chi connectivity index (χ1) is 11.1. The molecule has 0 fully saturated rings. The van der Waals surface area contributed by atoms with Crippen molar-refractivity contribution in [2.75, 3.05) is 6.61 Å². The third-order valence-corrected chi connectivity index (χ3v) is 2.32. The molecule has 132 valence electrons. The summed E-state index contributed by atoms with van der Waals surface area (Å²) in [4.78, 5) is 42.6. The van der Waals surface area contributed by atoms with E-state index in [0.717, 1.165) is 12.5 Å². The van der Waals surface area contributed by atoms with Crippen molar-refractivity contribution in [2.45, 2.75) is 34.0 Å². The minimum absolute atomic E-state index is 0.341. The first kappa shape index (κ1) is 21.1. The molecule has 1 N–H and O–H groups in total. The van der Waals surface area contributed by atoms with Gasteiger partial charge >= 0.3 is 17.9 Å². The second kappa shape index (κ2) is 10.8. The maximum atomic E-state index is 11.9. The second-order valence-electron chi connectivity index (χ2n) is 4.58. The van der Waals surface area contributed by atoms with Gasteiger partial charge in [-0.05, 0) is 18.6 Å². The van der Waals surface area contributed by atoms with E-state index in [4.69, 9.17) is 19.4 Å². The van der Waals surface area contributed by atoms with Crippen molar-refractivity contribution in [3.05, 3.63) is 35.4 Å². The molecule has 0 aromatic heterocycles. The van der Waals surface area contributed by atoms with Crippen LogP contribution in [0.5, 0.6) is 0 Å². The fourth-order valence-electron chi connectivity index (χ4n) is 1.45. The van der Waals surface area contributed by atoms with Gasteiger partial charge in [-0.2, -0.15) is 0 Å². The number of carboxylic acid groups (broad SMARTS) is 1. The van der Waals surface area contributed by atoms with E-state index < -0.39 is 30.2 Å². The number of esters is 3. The molecule has 0 radical (unpaired) electrons. The van der Waals surface area contributed by atoms with Gasteiger partial charge in [0, 0.05) is 20.8 Å². The molecule has 1 atom stereocenters. The molecule has 0 saturated heterocycles. The number of hydrogen-bond acceptors (Lipinski definition) is 7. The van der Waals surface area contributed by atoms with Gasteiger partial charge in [0.1, 0.15) is 0 Å². The van der Waals surface area contributed by atoms with Crippen LogP contribution in [0.15, 0.2) is 24.3 Å². The number of carbonyl (C=O) groups is 4. The molecule has 8 heteroatoms. The Kier molecular flexibility index (Phi) is 9.46. The number of carbonyl (C=O) groups excluding carboxylic acids is 3. The molecule has 0 spiro atoms. The molecule has 0 aliphatic carbocycles. The largest absolute Gasteiger partial charge is 0.481 e. The highest BCUT2D eigenvalue weighted by Gasteiger charge is 2.20. The molecule has 0 saturated carbocycles. The van der Waals surface area contributed by atoms with Crippen LogP contribution >= 0.6 is 0 Å². The fraction of sp³-hybridized carbons (Fsp3) is 0.375.